The summed E-state index contributed by atoms with van der Waals surface area (Å²) in [5, 5.41) is 13.4. The monoisotopic (exact) mass is 379 g/mol. The molecule has 0 saturated heterocycles. The minimum absolute atomic E-state index is 0.334. The van der Waals surface area contributed by atoms with Gasteiger partial charge in [0.15, 0.2) is 5.82 Å². The Bertz CT molecular complexity index is 1040. The van der Waals surface area contributed by atoms with Crippen molar-refractivity contribution in [3.05, 3.63) is 59.9 Å². The SMILES string of the molecule is CCC(=Cc1nccn1Cc1ccc2c(c1)Nc1nccnc1S2)C(=O)O. The minimum atomic E-state index is -0.915. The van der Waals surface area contributed by atoms with Gasteiger partial charge in [-0.05, 0) is 30.2 Å². The zero-order valence-electron chi connectivity index (χ0n) is 14.6. The van der Waals surface area contributed by atoms with Crippen molar-refractivity contribution in [3.63, 3.8) is 0 Å². The van der Waals surface area contributed by atoms with Crippen LogP contribution in [0.2, 0.25) is 0 Å². The summed E-state index contributed by atoms with van der Waals surface area (Å²) in [4.78, 5) is 25.3. The number of nitrogens with zero attached hydrogens (tertiary/aromatic N) is 4. The van der Waals surface area contributed by atoms with Crippen LogP contribution in [0.5, 0.6) is 0 Å². The van der Waals surface area contributed by atoms with E-state index in [0.29, 0.717) is 24.4 Å². The fraction of sp³-hybridized carbons (Fsp3) is 0.158. The van der Waals surface area contributed by atoms with Gasteiger partial charge in [0.2, 0.25) is 0 Å². The summed E-state index contributed by atoms with van der Waals surface area (Å²) in [5.41, 5.74) is 2.40. The number of benzene rings is 1. The molecule has 0 aliphatic carbocycles. The molecule has 1 aliphatic heterocycles. The van der Waals surface area contributed by atoms with E-state index in [1.165, 1.54) is 0 Å². The van der Waals surface area contributed by atoms with Crippen molar-refractivity contribution in [1.82, 2.24) is 19.5 Å². The smallest absolute Gasteiger partial charge is 0.331 e. The highest BCUT2D eigenvalue weighted by molar-refractivity contribution is 7.99. The van der Waals surface area contributed by atoms with Crippen molar-refractivity contribution in [3.8, 4) is 0 Å². The lowest BCUT2D eigenvalue weighted by Crippen LogP contribution is -2.06. The maximum Gasteiger partial charge on any atom is 0.331 e. The second-order valence-electron chi connectivity index (χ2n) is 6.01. The summed E-state index contributed by atoms with van der Waals surface area (Å²) in [6, 6.07) is 6.19. The quantitative estimate of drug-likeness (QED) is 0.509. The number of aliphatic carboxylic acids is 1. The Labute approximate surface area is 160 Å². The van der Waals surface area contributed by atoms with Crippen molar-refractivity contribution in [2.75, 3.05) is 5.32 Å². The van der Waals surface area contributed by atoms with Crippen molar-refractivity contribution >= 4 is 35.3 Å². The molecule has 4 rings (SSSR count). The lowest BCUT2D eigenvalue weighted by atomic mass is 10.1. The third-order valence-corrected chi connectivity index (χ3v) is 5.30. The van der Waals surface area contributed by atoms with Gasteiger partial charge in [0.05, 0.1) is 5.69 Å². The number of nitrogens with one attached hydrogen (secondary N) is 1. The first kappa shape index (κ1) is 17.3. The second kappa shape index (κ2) is 7.24. The standard InChI is InChI=1S/C19H17N5O2S/c1-2-13(19(25)26)10-16-20-7-8-24(16)11-12-3-4-15-14(9-12)23-17-18(27-15)22-6-5-21-17/h3-10H,2,11H2,1H3,(H,21,23)(H,25,26). The van der Waals surface area contributed by atoms with Crippen molar-refractivity contribution < 1.29 is 9.90 Å². The van der Waals surface area contributed by atoms with Crippen LogP contribution in [0, 0.1) is 0 Å². The molecular weight excluding hydrogens is 362 g/mol. The van der Waals surface area contributed by atoms with Crippen LogP contribution >= 0.6 is 11.8 Å². The Kier molecular flexibility index (Phi) is 4.64. The maximum atomic E-state index is 11.3. The lowest BCUT2D eigenvalue weighted by Gasteiger charge is -2.19. The average molecular weight is 379 g/mol. The summed E-state index contributed by atoms with van der Waals surface area (Å²) in [7, 11) is 0. The van der Waals surface area contributed by atoms with E-state index in [-0.39, 0.29) is 0 Å². The van der Waals surface area contributed by atoms with Crippen LogP contribution in [0.3, 0.4) is 0 Å². The van der Waals surface area contributed by atoms with E-state index in [1.807, 2.05) is 17.7 Å². The number of rotatable bonds is 5. The fourth-order valence-corrected chi connectivity index (χ4v) is 3.72. The number of hydrogen-bond donors (Lipinski definition) is 2. The van der Waals surface area contributed by atoms with Gasteiger partial charge in [-0.25, -0.2) is 19.7 Å². The van der Waals surface area contributed by atoms with Gasteiger partial charge in [-0.1, -0.05) is 24.8 Å². The van der Waals surface area contributed by atoms with E-state index in [2.05, 4.69) is 38.5 Å². The van der Waals surface area contributed by atoms with Crippen LogP contribution in [-0.4, -0.2) is 30.6 Å². The van der Waals surface area contributed by atoms with Crippen LogP contribution in [0.4, 0.5) is 11.5 Å². The lowest BCUT2D eigenvalue weighted by molar-refractivity contribution is -0.132. The van der Waals surface area contributed by atoms with Crippen molar-refractivity contribution in [2.45, 2.75) is 29.8 Å². The fourth-order valence-electron chi connectivity index (χ4n) is 2.84. The molecule has 8 heteroatoms. The first-order valence-electron chi connectivity index (χ1n) is 8.48. The second-order valence-corrected chi connectivity index (χ2v) is 7.04. The topological polar surface area (TPSA) is 92.9 Å². The zero-order chi connectivity index (χ0) is 18.8. The summed E-state index contributed by atoms with van der Waals surface area (Å²) >= 11 is 1.59. The van der Waals surface area contributed by atoms with Crippen LogP contribution < -0.4 is 5.32 Å². The Balaban J connectivity index is 1.59. The third kappa shape index (κ3) is 3.56. The summed E-state index contributed by atoms with van der Waals surface area (Å²) in [5.74, 6) is 0.472. The summed E-state index contributed by atoms with van der Waals surface area (Å²) in [6.45, 7) is 2.41. The van der Waals surface area contributed by atoms with Crippen LogP contribution in [-0.2, 0) is 11.3 Å². The first-order chi connectivity index (χ1) is 13.1. The molecular formula is C19H17N5O2S. The molecule has 27 heavy (non-hydrogen) atoms. The van der Waals surface area contributed by atoms with Gasteiger partial charge < -0.3 is 15.0 Å². The molecule has 0 atom stereocenters. The van der Waals surface area contributed by atoms with E-state index in [4.69, 9.17) is 0 Å². The van der Waals surface area contributed by atoms with Gasteiger partial charge in [-0.3, -0.25) is 0 Å². The highest BCUT2D eigenvalue weighted by Gasteiger charge is 2.18. The van der Waals surface area contributed by atoms with Crippen molar-refractivity contribution in [2.24, 2.45) is 0 Å². The Hall–Kier alpha value is -3.13. The molecule has 1 aromatic carbocycles. The molecule has 7 nitrogen and oxygen atoms in total. The summed E-state index contributed by atoms with van der Waals surface area (Å²) in [6.07, 6.45) is 8.95. The zero-order valence-corrected chi connectivity index (χ0v) is 15.4. The highest BCUT2D eigenvalue weighted by atomic mass is 32.2. The largest absolute Gasteiger partial charge is 0.478 e. The molecule has 2 N–H and O–H groups in total. The Morgan fingerprint density at radius 3 is 2.93 bits per heavy atom. The molecule has 3 aromatic rings. The van der Waals surface area contributed by atoms with Gasteiger partial charge in [0.25, 0.3) is 0 Å². The maximum absolute atomic E-state index is 11.3. The Morgan fingerprint density at radius 1 is 1.26 bits per heavy atom. The number of hydrogen-bond acceptors (Lipinski definition) is 6. The van der Waals surface area contributed by atoms with E-state index >= 15 is 0 Å². The van der Waals surface area contributed by atoms with Gasteiger partial charge in [-0.15, -0.1) is 0 Å². The van der Waals surface area contributed by atoms with Crippen LogP contribution in [0.15, 0.2) is 58.5 Å². The number of carbonyl (C=O) groups is 1. The van der Waals surface area contributed by atoms with E-state index in [9.17, 15) is 9.90 Å². The molecule has 0 spiro atoms. The predicted molar refractivity (Wildman–Crippen MR) is 103 cm³/mol. The van der Waals surface area contributed by atoms with E-state index in [1.54, 1.807) is 36.4 Å². The number of anilines is 2. The number of aromatic nitrogens is 4. The van der Waals surface area contributed by atoms with Crippen LogP contribution in [0.25, 0.3) is 6.08 Å². The average Bonchev–Trinajstić information content (AvgIpc) is 3.10. The number of carboxylic acids is 1. The number of imidazole rings is 1. The number of fused-ring (bicyclic) bond motifs is 2. The number of carboxylic acid groups (broad SMARTS) is 1. The first-order valence-corrected chi connectivity index (χ1v) is 9.29. The Morgan fingerprint density at radius 2 is 2.11 bits per heavy atom. The molecule has 0 unspecified atom stereocenters. The van der Waals surface area contributed by atoms with Crippen molar-refractivity contribution in [1.29, 1.82) is 0 Å². The van der Waals surface area contributed by atoms with Gasteiger partial charge in [-0.2, -0.15) is 0 Å². The van der Waals surface area contributed by atoms with Crippen LogP contribution in [0.1, 0.15) is 24.7 Å². The van der Waals surface area contributed by atoms with Gasteiger partial charge in [0.1, 0.15) is 10.9 Å². The van der Waals surface area contributed by atoms with E-state index in [0.717, 1.165) is 27.0 Å². The molecule has 3 heterocycles. The van der Waals surface area contributed by atoms with Gasteiger partial charge >= 0.3 is 5.97 Å². The molecule has 1 aliphatic rings. The van der Waals surface area contributed by atoms with E-state index < -0.39 is 5.97 Å². The normalized spacial score (nSPS) is 12.9. The molecule has 136 valence electrons. The molecule has 0 fully saturated rings. The minimum Gasteiger partial charge on any atom is -0.478 e. The third-order valence-electron chi connectivity index (χ3n) is 4.23. The molecule has 2 aromatic heterocycles. The molecule has 0 bridgehead atoms. The van der Waals surface area contributed by atoms with Gasteiger partial charge in [0, 0.05) is 41.8 Å². The molecule has 0 amide bonds. The predicted octanol–water partition coefficient (Wildman–Crippen LogP) is 3.81. The summed E-state index contributed by atoms with van der Waals surface area (Å²) < 4.78 is 1.93. The highest BCUT2D eigenvalue weighted by Crippen LogP contribution is 2.42. The molecule has 0 radical (unpaired) electrons. The molecule has 0 saturated carbocycles.